The van der Waals surface area contributed by atoms with Crippen molar-refractivity contribution in [2.75, 3.05) is 6.61 Å². The van der Waals surface area contributed by atoms with Crippen LogP contribution in [0.4, 0.5) is 0 Å². The van der Waals surface area contributed by atoms with Crippen LogP contribution in [0.25, 0.3) is 0 Å². The van der Waals surface area contributed by atoms with Gasteiger partial charge in [0.1, 0.15) is 0 Å². The lowest BCUT2D eigenvalue weighted by atomic mass is 9.63. The molecule has 2 N–H and O–H groups in total. The Balaban J connectivity index is 2.39. The number of aliphatic hydroxyl groups is 2. The standard InChI is InChI=1S/C15H26O2/c1-11-5-6-12-13(9-11)14(2,10-16)7-4-8-15(12,3)17/h9,12-13,16-17H,4-8,10H2,1-3H3/t12-,13+,14-,15+/m1/s1. The fourth-order valence-electron chi connectivity index (χ4n) is 3.84. The molecule has 98 valence electrons. The molecule has 2 heteroatoms. The molecule has 0 aromatic heterocycles. The zero-order valence-electron chi connectivity index (χ0n) is 11.4. The maximum atomic E-state index is 10.7. The molecular weight excluding hydrogens is 212 g/mol. The van der Waals surface area contributed by atoms with Crippen LogP contribution >= 0.6 is 0 Å². The Kier molecular flexibility index (Phi) is 3.39. The van der Waals surface area contributed by atoms with Crippen molar-refractivity contribution in [1.29, 1.82) is 0 Å². The normalized spacial score (nSPS) is 47.0. The zero-order chi connectivity index (χ0) is 12.7. The molecule has 0 aromatic carbocycles. The molecule has 0 spiro atoms. The van der Waals surface area contributed by atoms with Crippen LogP contribution in [-0.2, 0) is 0 Å². The van der Waals surface area contributed by atoms with E-state index in [9.17, 15) is 10.2 Å². The summed E-state index contributed by atoms with van der Waals surface area (Å²) in [6.45, 7) is 6.57. The summed E-state index contributed by atoms with van der Waals surface area (Å²) in [4.78, 5) is 0. The molecule has 0 bridgehead atoms. The van der Waals surface area contributed by atoms with Gasteiger partial charge in [0.2, 0.25) is 0 Å². The maximum Gasteiger partial charge on any atom is 0.0653 e. The van der Waals surface area contributed by atoms with Crippen LogP contribution in [0.5, 0.6) is 0 Å². The van der Waals surface area contributed by atoms with Crippen molar-refractivity contribution in [3.8, 4) is 0 Å². The summed E-state index contributed by atoms with van der Waals surface area (Å²) >= 11 is 0. The minimum Gasteiger partial charge on any atom is -0.396 e. The van der Waals surface area contributed by atoms with Crippen molar-refractivity contribution in [1.82, 2.24) is 0 Å². The fraction of sp³-hybridized carbons (Fsp3) is 0.867. The number of aliphatic hydroxyl groups excluding tert-OH is 1. The SMILES string of the molecule is CC1=C[C@H]2[C@@H](CC1)[C@@](C)(O)CCC[C@]2(C)CO. The first-order valence-corrected chi connectivity index (χ1v) is 6.89. The van der Waals surface area contributed by atoms with Crippen LogP contribution < -0.4 is 0 Å². The van der Waals surface area contributed by atoms with E-state index in [1.165, 1.54) is 5.57 Å². The maximum absolute atomic E-state index is 10.7. The van der Waals surface area contributed by atoms with Crippen LogP contribution in [0, 0.1) is 17.3 Å². The van der Waals surface area contributed by atoms with Gasteiger partial charge in [0.05, 0.1) is 5.60 Å². The van der Waals surface area contributed by atoms with Gasteiger partial charge in [-0.25, -0.2) is 0 Å². The van der Waals surface area contributed by atoms with Gasteiger partial charge in [0, 0.05) is 6.61 Å². The second-order valence-electron chi connectivity index (χ2n) is 6.71. The molecule has 2 aliphatic carbocycles. The van der Waals surface area contributed by atoms with E-state index in [1.54, 1.807) is 0 Å². The summed E-state index contributed by atoms with van der Waals surface area (Å²) in [5.41, 5.74) is 0.811. The largest absolute Gasteiger partial charge is 0.396 e. The number of rotatable bonds is 1. The monoisotopic (exact) mass is 238 g/mol. The number of hydrogen-bond donors (Lipinski definition) is 2. The number of allylic oxidation sites excluding steroid dienone is 2. The molecule has 2 nitrogen and oxygen atoms in total. The van der Waals surface area contributed by atoms with E-state index in [4.69, 9.17) is 0 Å². The van der Waals surface area contributed by atoms with Gasteiger partial charge in [-0.05, 0) is 63.2 Å². The zero-order valence-corrected chi connectivity index (χ0v) is 11.4. The van der Waals surface area contributed by atoms with E-state index < -0.39 is 5.60 Å². The molecular formula is C15H26O2. The second-order valence-corrected chi connectivity index (χ2v) is 6.71. The van der Waals surface area contributed by atoms with Gasteiger partial charge in [-0.3, -0.25) is 0 Å². The van der Waals surface area contributed by atoms with Crippen molar-refractivity contribution < 1.29 is 10.2 Å². The molecule has 0 saturated heterocycles. The lowest BCUT2D eigenvalue weighted by Crippen LogP contribution is -2.44. The summed E-state index contributed by atoms with van der Waals surface area (Å²) < 4.78 is 0. The van der Waals surface area contributed by atoms with Crippen LogP contribution in [0.1, 0.15) is 52.9 Å². The first-order chi connectivity index (χ1) is 7.89. The van der Waals surface area contributed by atoms with E-state index in [1.807, 2.05) is 6.92 Å². The minimum absolute atomic E-state index is 0.0488. The van der Waals surface area contributed by atoms with E-state index in [-0.39, 0.29) is 12.0 Å². The quantitative estimate of drug-likeness (QED) is 0.690. The van der Waals surface area contributed by atoms with Gasteiger partial charge < -0.3 is 10.2 Å². The highest BCUT2D eigenvalue weighted by molar-refractivity contribution is 5.14. The third kappa shape index (κ3) is 2.30. The molecule has 1 saturated carbocycles. The Bertz CT molecular complexity index is 319. The molecule has 2 aliphatic rings. The highest BCUT2D eigenvalue weighted by atomic mass is 16.3. The van der Waals surface area contributed by atoms with Gasteiger partial charge in [0.15, 0.2) is 0 Å². The van der Waals surface area contributed by atoms with Crippen LogP contribution in [0.15, 0.2) is 11.6 Å². The Labute approximate surface area is 105 Å². The Morgan fingerprint density at radius 3 is 2.71 bits per heavy atom. The average Bonchev–Trinajstić information content (AvgIpc) is 2.36. The van der Waals surface area contributed by atoms with Gasteiger partial charge in [-0.15, -0.1) is 0 Å². The third-order valence-electron chi connectivity index (χ3n) is 5.14. The van der Waals surface area contributed by atoms with Crippen LogP contribution in [-0.4, -0.2) is 22.4 Å². The average molecular weight is 238 g/mol. The summed E-state index contributed by atoms with van der Waals surface area (Å²) in [5.74, 6) is 0.643. The fourth-order valence-corrected chi connectivity index (χ4v) is 3.84. The highest BCUT2D eigenvalue weighted by Gasteiger charge is 2.48. The highest BCUT2D eigenvalue weighted by Crippen LogP contribution is 2.51. The Hall–Kier alpha value is -0.340. The van der Waals surface area contributed by atoms with E-state index in [0.717, 1.165) is 32.1 Å². The summed E-state index contributed by atoms with van der Waals surface area (Å²) in [5, 5.41) is 20.4. The van der Waals surface area contributed by atoms with Gasteiger partial charge >= 0.3 is 0 Å². The minimum atomic E-state index is -0.561. The molecule has 1 fully saturated rings. The number of hydrogen-bond acceptors (Lipinski definition) is 2. The molecule has 0 amide bonds. The van der Waals surface area contributed by atoms with Crippen molar-refractivity contribution in [2.24, 2.45) is 17.3 Å². The molecule has 4 atom stereocenters. The molecule has 0 heterocycles. The molecule has 0 radical (unpaired) electrons. The molecule has 0 aliphatic heterocycles. The smallest absolute Gasteiger partial charge is 0.0653 e. The lowest BCUT2D eigenvalue weighted by molar-refractivity contribution is -0.0477. The van der Waals surface area contributed by atoms with E-state index in [2.05, 4.69) is 19.9 Å². The van der Waals surface area contributed by atoms with Crippen LogP contribution in [0.3, 0.4) is 0 Å². The Morgan fingerprint density at radius 2 is 2.06 bits per heavy atom. The lowest BCUT2D eigenvalue weighted by Gasteiger charge is -2.44. The van der Waals surface area contributed by atoms with Gasteiger partial charge in [-0.2, -0.15) is 0 Å². The molecule has 2 rings (SSSR count). The summed E-state index contributed by atoms with van der Waals surface area (Å²) in [6, 6.07) is 0. The first kappa shape index (κ1) is 13.1. The van der Waals surface area contributed by atoms with Crippen LogP contribution in [0.2, 0.25) is 0 Å². The third-order valence-corrected chi connectivity index (χ3v) is 5.14. The van der Waals surface area contributed by atoms with Crippen molar-refractivity contribution >= 4 is 0 Å². The predicted octanol–water partition coefficient (Wildman–Crippen LogP) is 2.89. The van der Waals surface area contributed by atoms with Crippen molar-refractivity contribution in [3.63, 3.8) is 0 Å². The van der Waals surface area contributed by atoms with Gasteiger partial charge in [-0.1, -0.05) is 18.6 Å². The summed E-state index contributed by atoms with van der Waals surface area (Å²) in [6.07, 6.45) is 7.39. The van der Waals surface area contributed by atoms with E-state index >= 15 is 0 Å². The first-order valence-electron chi connectivity index (χ1n) is 6.89. The Morgan fingerprint density at radius 1 is 1.35 bits per heavy atom. The number of fused-ring (bicyclic) bond motifs is 1. The van der Waals surface area contributed by atoms with Crippen molar-refractivity contribution in [3.05, 3.63) is 11.6 Å². The van der Waals surface area contributed by atoms with E-state index in [0.29, 0.717) is 11.8 Å². The molecule has 0 aromatic rings. The molecule has 0 unspecified atom stereocenters. The topological polar surface area (TPSA) is 40.5 Å². The predicted molar refractivity (Wildman–Crippen MR) is 69.6 cm³/mol. The molecule has 17 heavy (non-hydrogen) atoms. The van der Waals surface area contributed by atoms with Gasteiger partial charge in [0.25, 0.3) is 0 Å². The summed E-state index contributed by atoms with van der Waals surface area (Å²) in [7, 11) is 0. The van der Waals surface area contributed by atoms with Crippen molar-refractivity contribution in [2.45, 2.75) is 58.5 Å². The second kappa shape index (κ2) is 4.40.